The summed E-state index contributed by atoms with van der Waals surface area (Å²) in [5.74, 6) is -2.35. The Bertz CT molecular complexity index is 497. The number of hydrogen-bond donors (Lipinski definition) is 1. The van der Waals surface area contributed by atoms with Crippen LogP contribution in [0.2, 0.25) is 0 Å². The van der Waals surface area contributed by atoms with Crippen LogP contribution in [0.3, 0.4) is 0 Å². The molecule has 4 nitrogen and oxygen atoms in total. The third-order valence-electron chi connectivity index (χ3n) is 3.55. The standard InChI is InChI=1S/C15H21F2N3O/c1-11-10-21-8-7-20(11)14(18)19-9-12-3-5-13(6-4-12)15(2,16)17/h3-6,11H,7-10H2,1-2H3,(H2,18,19)/t11-/m0/s1. The summed E-state index contributed by atoms with van der Waals surface area (Å²) in [6.07, 6.45) is 0. The van der Waals surface area contributed by atoms with Gasteiger partial charge in [0.1, 0.15) is 0 Å². The third kappa shape index (κ3) is 4.14. The Labute approximate surface area is 123 Å². The molecule has 1 atom stereocenters. The molecule has 0 aromatic heterocycles. The summed E-state index contributed by atoms with van der Waals surface area (Å²) in [5.41, 5.74) is 6.84. The van der Waals surface area contributed by atoms with Crippen molar-refractivity contribution in [3.63, 3.8) is 0 Å². The van der Waals surface area contributed by atoms with Crippen LogP contribution in [-0.4, -0.2) is 36.7 Å². The van der Waals surface area contributed by atoms with Crippen LogP contribution >= 0.6 is 0 Å². The molecule has 116 valence electrons. The van der Waals surface area contributed by atoms with Gasteiger partial charge in [0.25, 0.3) is 5.92 Å². The van der Waals surface area contributed by atoms with Gasteiger partial charge in [-0.2, -0.15) is 0 Å². The molecule has 6 heteroatoms. The fraction of sp³-hybridized carbons (Fsp3) is 0.533. The average Bonchev–Trinajstić information content (AvgIpc) is 2.45. The fourth-order valence-corrected chi connectivity index (χ4v) is 2.23. The van der Waals surface area contributed by atoms with Gasteiger partial charge >= 0.3 is 0 Å². The largest absolute Gasteiger partial charge is 0.377 e. The highest BCUT2D eigenvalue weighted by Gasteiger charge is 2.23. The number of alkyl halides is 2. The number of aliphatic imine (C=N–C) groups is 1. The topological polar surface area (TPSA) is 50.9 Å². The molecular formula is C15H21F2N3O. The second-order valence-corrected chi connectivity index (χ2v) is 5.38. The molecule has 2 N–H and O–H groups in total. The van der Waals surface area contributed by atoms with E-state index in [9.17, 15) is 8.78 Å². The average molecular weight is 297 g/mol. The molecule has 21 heavy (non-hydrogen) atoms. The summed E-state index contributed by atoms with van der Waals surface area (Å²) in [5, 5.41) is 0. The van der Waals surface area contributed by atoms with Crippen molar-refractivity contribution < 1.29 is 13.5 Å². The number of rotatable bonds is 3. The number of nitrogens with two attached hydrogens (primary N) is 1. The zero-order valence-electron chi connectivity index (χ0n) is 12.4. The monoisotopic (exact) mass is 297 g/mol. The van der Waals surface area contributed by atoms with Gasteiger partial charge in [-0.15, -0.1) is 0 Å². The highest BCUT2D eigenvalue weighted by atomic mass is 19.3. The summed E-state index contributed by atoms with van der Waals surface area (Å²) in [4.78, 5) is 6.34. The summed E-state index contributed by atoms with van der Waals surface area (Å²) in [6, 6.07) is 6.37. The molecule has 0 amide bonds. The Morgan fingerprint density at radius 1 is 1.43 bits per heavy atom. The molecule has 1 aliphatic heterocycles. The quantitative estimate of drug-likeness (QED) is 0.688. The Morgan fingerprint density at radius 3 is 2.67 bits per heavy atom. The Balaban J connectivity index is 1.99. The summed E-state index contributed by atoms with van der Waals surface area (Å²) < 4.78 is 31.6. The number of morpholine rings is 1. The zero-order chi connectivity index (χ0) is 15.5. The van der Waals surface area contributed by atoms with Gasteiger partial charge in [-0.25, -0.2) is 13.8 Å². The summed E-state index contributed by atoms with van der Waals surface area (Å²) in [7, 11) is 0. The number of halogens is 2. The minimum atomic E-state index is -2.82. The van der Waals surface area contributed by atoms with E-state index in [0.717, 1.165) is 19.0 Å². The second-order valence-electron chi connectivity index (χ2n) is 5.38. The third-order valence-corrected chi connectivity index (χ3v) is 3.55. The van der Waals surface area contributed by atoms with Gasteiger partial charge in [-0.1, -0.05) is 24.3 Å². The molecule has 1 aliphatic rings. The van der Waals surface area contributed by atoms with E-state index < -0.39 is 5.92 Å². The second kappa shape index (κ2) is 6.39. The van der Waals surface area contributed by atoms with Crippen molar-refractivity contribution in [2.45, 2.75) is 32.4 Å². The van der Waals surface area contributed by atoms with Crippen LogP contribution in [0.5, 0.6) is 0 Å². The Kier molecular flexibility index (Phi) is 4.77. The molecule has 0 spiro atoms. The maximum absolute atomic E-state index is 13.1. The molecule has 0 unspecified atom stereocenters. The lowest BCUT2D eigenvalue weighted by atomic mass is 10.1. The minimum absolute atomic E-state index is 0.00463. The van der Waals surface area contributed by atoms with Crippen molar-refractivity contribution in [3.05, 3.63) is 35.4 Å². The van der Waals surface area contributed by atoms with E-state index in [1.807, 2.05) is 11.8 Å². The number of hydrogen-bond acceptors (Lipinski definition) is 2. The van der Waals surface area contributed by atoms with Crippen LogP contribution in [0.4, 0.5) is 8.78 Å². The first-order chi connectivity index (χ1) is 9.88. The first-order valence-electron chi connectivity index (χ1n) is 6.99. The van der Waals surface area contributed by atoms with Gasteiger partial charge in [-0.3, -0.25) is 0 Å². The molecule has 2 rings (SSSR count). The predicted octanol–water partition coefficient (Wildman–Crippen LogP) is 2.33. The zero-order valence-corrected chi connectivity index (χ0v) is 12.4. The van der Waals surface area contributed by atoms with Crippen LogP contribution in [0.1, 0.15) is 25.0 Å². The van der Waals surface area contributed by atoms with Gasteiger partial charge in [0.2, 0.25) is 0 Å². The van der Waals surface area contributed by atoms with Crippen molar-refractivity contribution >= 4 is 5.96 Å². The summed E-state index contributed by atoms with van der Waals surface area (Å²) >= 11 is 0. The van der Waals surface area contributed by atoms with Crippen molar-refractivity contribution in [3.8, 4) is 0 Å². The number of guanidine groups is 1. The van der Waals surface area contributed by atoms with Crippen LogP contribution in [0.15, 0.2) is 29.3 Å². The number of ether oxygens (including phenoxy) is 1. The maximum Gasteiger partial charge on any atom is 0.270 e. The van der Waals surface area contributed by atoms with Crippen LogP contribution in [0.25, 0.3) is 0 Å². The molecule has 1 aromatic carbocycles. The molecule has 1 aromatic rings. The predicted molar refractivity (Wildman–Crippen MR) is 78.3 cm³/mol. The Morgan fingerprint density at radius 2 is 2.10 bits per heavy atom. The molecule has 0 bridgehead atoms. The van der Waals surface area contributed by atoms with Crippen LogP contribution in [-0.2, 0) is 17.2 Å². The number of nitrogens with zero attached hydrogens (tertiary/aromatic N) is 2. The lowest BCUT2D eigenvalue weighted by molar-refractivity contribution is 0.0174. The number of benzene rings is 1. The van der Waals surface area contributed by atoms with E-state index in [0.29, 0.717) is 25.7 Å². The van der Waals surface area contributed by atoms with E-state index >= 15 is 0 Å². The van der Waals surface area contributed by atoms with Crippen LogP contribution < -0.4 is 5.73 Å². The van der Waals surface area contributed by atoms with E-state index in [2.05, 4.69) is 4.99 Å². The molecule has 0 saturated carbocycles. The molecule has 1 saturated heterocycles. The lowest BCUT2D eigenvalue weighted by Crippen LogP contribution is -2.50. The first kappa shape index (κ1) is 15.7. The first-order valence-corrected chi connectivity index (χ1v) is 6.99. The van der Waals surface area contributed by atoms with Gasteiger partial charge in [0, 0.05) is 19.0 Å². The normalized spacial score (nSPS) is 20.7. The van der Waals surface area contributed by atoms with Crippen molar-refractivity contribution in [2.24, 2.45) is 10.7 Å². The molecule has 0 aliphatic carbocycles. The smallest absolute Gasteiger partial charge is 0.270 e. The molecular weight excluding hydrogens is 276 g/mol. The fourth-order valence-electron chi connectivity index (χ4n) is 2.23. The molecule has 1 heterocycles. The van der Waals surface area contributed by atoms with Crippen LogP contribution in [0, 0.1) is 0 Å². The molecule has 0 radical (unpaired) electrons. The lowest BCUT2D eigenvalue weighted by Gasteiger charge is -2.34. The highest BCUT2D eigenvalue weighted by Crippen LogP contribution is 2.26. The summed E-state index contributed by atoms with van der Waals surface area (Å²) in [6.45, 7) is 5.29. The van der Waals surface area contributed by atoms with Gasteiger partial charge in [0.15, 0.2) is 5.96 Å². The minimum Gasteiger partial charge on any atom is -0.377 e. The van der Waals surface area contributed by atoms with E-state index in [4.69, 9.17) is 10.5 Å². The Hall–Kier alpha value is -1.69. The van der Waals surface area contributed by atoms with E-state index in [1.165, 1.54) is 12.1 Å². The van der Waals surface area contributed by atoms with E-state index in [-0.39, 0.29) is 11.6 Å². The van der Waals surface area contributed by atoms with Gasteiger partial charge in [-0.05, 0) is 12.5 Å². The molecule has 1 fully saturated rings. The van der Waals surface area contributed by atoms with Gasteiger partial charge < -0.3 is 15.4 Å². The van der Waals surface area contributed by atoms with E-state index in [1.54, 1.807) is 12.1 Å². The van der Waals surface area contributed by atoms with Crippen molar-refractivity contribution in [1.82, 2.24) is 4.90 Å². The van der Waals surface area contributed by atoms with Gasteiger partial charge in [0.05, 0.1) is 25.8 Å². The van der Waals surface area contributed by atoms with Crippen molar-refractivity contribution in [2.75, 3.05) is 19.8 Å². The SMILES string of the molecule is C[C@H]1COCCN1C(N)=NCc1ccc(C(C)(F)F)cc1. The van der Waals surface area contributed by atoms with Crippen molar-refractivity contribution in [1.29, 1.82) is 0 Å². The maximum atomic E-state index is 13.1. The highest BCUT2D eigenvalue weighted by molar-refractivity contribution is 5.78.